The van der Waals surface area contributed by atoms with Gasteiger partial charge >= 0.3 is 0 Å². The summed E-state index contributed by atoms with van der Waals surface area (Å²) in [7, 11) is 0. The van der Waals surface area contributed by atoms with Crippen molar-refractivity contribution in [2.75, 3.05) is 5.32 Å². The van der Waals surface area contributed by atoms with E-state index in [9.17, 15) is 0 Å². The maximum Gasteiger partial charge on any atom is 0.152 e. The van der Waals surface area contributed by atoms with Gasteiger partial charge in [-0.15, -0.1) is 0 Å². The Hall–Kier alpha value is -1.77. The fourth-order valence-electron chi connectivity index (χ4n) is 0.959. The quantitative estimate of drug-likeness (QED) is 0.701. The second-order valence-corrected chi connectivity index (χ2v) is 2.39. The van der Waals surface area contributed by atoms with E-state index < -0.39 is 0 Å². The molecule has 0 aliphatic heterocycles. The monoisotopic (exact) mass is 158 g/mol. The number of aromatic amines is 1. The van der Waals surface area contributed by atoms with Gasteiger partial charge in [-0.2, -0.15) is 5.10 Å². The van der Waals surface area contributed by atoms with E-state index in [1.165, 1.54) is 0 Å². The van der Waals surface area contributed by atoms with Gasteiger partial charge in [0.2, 0.25) is 0 Å². The minimum absolute atomic E-state index is 0.779. The number of nitrogens with one attached hydrogen (secondary N) is 2. The minimum atomic E-state index is 0.779. The largest absolute Gasteiger partial charge is 0.339 e. The van der Waals surface area contributed by atoms with Crippen molar-refractivity contribution in [1.29, 1.82) is 0 Å². The Balaban J connectivity index is 2.15. The van der Waals surface area contributed by atoms with Gasteiger partial charge in [-0.1, -0.05) is 18.2 Å². The molecule has 0 aliphatic carbocycles. The first kappa shape index (κ1) is 6.91. The molecule has 0 spiro atoms. The zero-order valence-corrected chi connectivity index (χ0v) is 6.41. The lowest BCUT2D eigenvalue weighted by atomic mass is 10.3. The van der Waals surface area contributed by atoms with Crippen molar-refractivity contribution < 1.29 is 0 Å². The van der Waals surface area contributed by atoms with Gasteiger partial charge in [0.05, 0.1) is 6.20 Å². The number of nitrogens with zero attached hydrogens (tertiary/aromatic N) is 1. The molecule has 2 aromatic rings. The summed E-state index contributed by atoms with van der Waals surface area (Å²) in [6, 6.07) is 11.6. The molecule has 12 heavy (non-hydrogen) atoms. The molecule has 1 heterocycles. The lowest BCUT2D eigenvalue weighted by Gasteiger charge is -1.99. The SMILES string of the molecule is [c]1cc(Nc2ccccc2)n[nH]1. The summed E-state index contributed by atoms with van der Waals surface area (Å²) in [4.78, 5) is 0. The molecular weight excluding hydrogens is 150 g/mol. The van der Waals surface area contributed by atoms with E-state index in [1.807, 2.05) is 30.3 Å². The standard InChI is InChI=1S/C9H8N3/c1-2-4-8(5-3-1)11-9-6-7-10-12-9/h1-6H,(H2,10,11,12). The van der Waals surface area contributed by atoms with Crippen molar-refractivity contribution in [2.45, 2.75) is 0 Å². The van der Waals surface area contributed by atoms with Gasteiger partial charge in [-0.25, -0.2) is 0 Å². The first-order valence-electron chi connectivity index (χ1n) is 3.69. The second kappa shape index (κ2) is 3.09. The summed E-state index contributed by atoms with van der Waals surface area (Å²) >= 11 is 0. The summed E-state index contributed by atoms with van der Waals surface area (Å²) in [6.45, 7) is 0. The normalized spacial score (nSPS) is 9.67. The molecule has 2 rings (SSSR count). The zero-order chi connectivity index (χ0) is 8.23. The maximum atomic E-state index is 3.92. The van der Waals surface area contributed by atoms with Crippen LogP contribution in [0.25, 0.3) is 0 Å². The highest BCUT2D eigenvalue weighted by Crippen LogP contribution is 2.11. The van der Waals surface area contributed by atoms with E-state index >= 15 is 0 Å². The Morgan fingerprint density at radius 2 is 2.08 bits per heavy atom. The maximum absolute atomic E-state index is 3.92. The first-order chi connectivity index (χ1) is 5.95. The van der Waals surface area contributed by atoms with Gasteiger partial charge < -0.3 is 5.32 Å². The Morgan fingerprint density at radius 1 is 1.25 bits per heavy atom. The average molecular weight is 158 g/mol. The smallest absolute Gasteiger partial charge is 0.152 e. The third kappa shape index (κ3) is 1.45. The Kier molecular flexibility index (Phi) is 1.78. The molecule has 0 amide bonds. The number of para-hydroxylation sites is 1. The number of aromatic nitrogens is 2. The first-order valence-corrected chi connectivity index (χ1v) is 3.69. The molecular formula is C9H8N3. The molecule has 1 radical (unpaired) electrons. The van der Waals surface area contributed by atoms with Crippen molar-refractivity contribution in [3.63, 3.8) is 0 Å². The van der Waals surface area contributed by atoms with Gasteiger partial charge in [0.1, 0.15) is 0 Å². The van der Waals surface area contributed by atoms with E-state index in [0.717, 1.165) is 11.5 Å². The molecule has 0 atom stereocenters. The summed E-state index contributed by atoms with van der Waals surface area (Å²) in [5.41, 5.74) is 1.03. The van der Waals surface area contributed by atoms with Crippen molar-refractivity contribution in [3.05, 3.63) is 42.6 Å². The van der Waals surface area contributed by atoms with Gasteiger partial charge in [0.25, 0.3) is 0 Å². The molecule has 1 aromatic carbocycles. The minimum Gasteiger partial charge on any atom is -0.339 e. The van der Waals surface area contributed by atoms with Crippen LogP contribution in [0, 0.1) is 6.20 Å². The molecule has 3 heteroatoms. The molecule has 2 N–H and O–H groups in total. The lowest BCUT2D eigenvalue weighted by Crippen LogP contribution is -1.88. The molecule has 0 fully saturated rings. The number of H-pyrrole nitrogens is 1. The summed E-state index contributed by atoms with van der Waals surface area (Å²) in [5, 5.41) is 9.64. The lowest BCUT2D eigenvalue weighted by molar-refractivity contribution is 1.09. The zero-order valence-electron chi connectivity index (χ0n) is 6.41. The van der Waals surface area contributed by atoms with Gasteiger partial charge in [-0.05, 0) is 12.1 Å². The Bertz CT molecular complexity index is 326. The van der Waals surface area contributed by atoms with E-state index in [1.54, 1.807) is 6.07 Å². The van der Waals surface area contributed by atoms with Crippen LogP contribution in [0.1, 0.15) is 0 Å². The highest BCUT2D eigenvalue weighted by atomic mass is 15.2. The molecule has 0 saturated heterocycles. The summed E-state index contributed by atoms with van der Waals surface area (Å²) in [6.07, 6.45) is 2.75. The van der Waals surface area contributed by atoms with Crippen LogP contribution in [0.2, 0.25) is 0 Å². The van der Waals surface area contributed by atoms with Gasteiger partial charge in [0, 0.05) is 11.8 Å². The molecule has 0 unspecified atom stereocenters. The average Bonchev–Trinajstić information content (AvgIpc) is 2.59. The van der Waals surface area contributed by atoms with Crippen LogP contribution in [0.15, 0.2) is 36.4 Å². The molecule has 0 aliphatic rings. The Labute approximate surface area is 70.4 Å². The molecule has 59 valence electrons. The molecule has 1 aromatic heterocycles. The van der Waals surface area contributed by atoms with E-state index in [2.05, 4.69) is 21.7 Å². The van der Waals surface area contributed by atoms with E-state index in [4.69, 9.17) is 0 Å². The van der Waals surface area contributed by atoms with Crippen LogP contribution in [-0.2, 0) is 0 Å². The Morgan fingerprint density at radius 3 is 2.75 bits per heavy atom. The van der Waals surface area contributed by atoms with Gasteiger partial charge in [0.15, 0.2) is 5.82 Å². The number of hydrogen-bond donors (Lipinski definition) is 2. The van der Waals surface area contributed by atoms with Crippen LogP contribution in [0.4, 0.5) is 11.5 Å². The van der Waals surface area contributed by atoms with Crippen LogP contribution in [-0.4, -0.2) is 10.2 Å². The number of anilines is 2. The highest BCUT2D eigenvalue weighted by molar-refractivity contribution is 5.54. The summed E-state index contributed by atoms with van der Waals surface area (Å²) in [5.74, 6) is 0.779. The van der Waals surface area contributed by atoms with Crippen LogP contribution in [0.5, 0.6) is 0 Å². The fourth-order valence-corrected chi connectivity index (χ4v) is 0.959. The highest BCUT2D eigenvalue weighted by Gasteiger charge is 1.92. The van der Waals surface area contributed by atoms with Crippen molar-refractivity contribution in [3.8, 4) is 0 Å². The van der Waals surface area contributed by atoms with Crippen molar-refractivity contribution >= 4 is 11.5 Å². The summed E-state index contributed by atoms with van der Waals surface area (Å²) < 4.78 is 0. The molecule has 0 bridgehead atoms. The third-order valence-corrected chi connectivity index (χ3v) is 1.50. The van der Waals surface area contributed by atoms with Crippen LogP contribution >= 0.6 is 0 Å². The number of hydrogen-bond acceptors (Lipinski definition) is 2. The third-order valence-electron chi connectivity index (χ3n) is 1.50. The molecule has 0 saturated carbocycles. The van der Waals surface area contributed by atoms with Crippen LogP contribution < -0.4 is 5.32 Å². The topological polar surface area (TPSA) is 40.7 Å². The van der Waals surface area contributed by atoms with Crippen molar-refractivity contribution in [2.24, 2.45) is 0 Å². The van der Waals surface area contributed by atoms with E-state index in [0.29, 0.717) is 0 Å². The number of rotatable bonds is 2. The predicted molar refractivity (Wildman–Crippen MR) is 47.1 cm³/mol. The fraction of sp³-hybridized carbons (Fsp3) is 0. The van der Waals surface area contributed by atoms with E-state index in [-0.39, 0.29) is 0 Å². The van der Waals surface area contributed by atoms with Crippen molar-refractivity contribution in [1.82, 2.24) is 10.2 Å². The van der Waals surface area contributed by atoms with Gasteiger partial charge in [-0.3, -0.25) is 5.10 Å². The number of benzene rings is 1. The van der Waals surface area contributed by atoms with Crippen LogP contribution in [0.3, 0.4) is 0 Å². The molecule has 3 nitrogen and oxygen atoms in total. The second-order valence-electron chi connectivity index (χ2n) is 2.39. The predicted octanol–water partition coefficient (Wildman–Crippen LogP) is 1.95.